The topological polar surface area (TPSA) is 129 Å². The first-order chi connectivity index (χ1) is 14.6. The fourth-order valence-electron chi connectivity index (χ4n) is 3.60. The van der Waals surface area contributed by atoms with Crippen molar-refractivity contribution in [2.45, 2.75) is 46.3 Å². The molecule has 3 heterocycles. The quantitative estimate of drug-likeness (QED) is 0.417. The number of para-hydroxylation sites is 1. The van der Waals surface area contributed by atoms with E-state index in [1.807, 2.05) is 6.07 Å². The van der Waals surface area contributed by atoms with Crippen LogP contribution in [0.4, 0.5) is 0 Å². The number of nitrogens with zero attached hydrogens (tertiary/aromatic N) is 1. The van der Waals surface area contributed by atoms with Gasteiger partial charge in [-0.3, -0.25) is 0 Å². The molecule has 1 fully saturated rings. The average Bonchev–Trinajstić information content (AvgIpc) is 3.08. The summed E-state index contributed by atoms with van der Waals surface area (Å²) in [6, 6.07) is 7.04. The minimum atomic E-state index is -3.95. The van der Waals surface area contributed by atoms with E-state index in [4.69, 9.17) is 18.3 Å². The van der Waals surface area contributed by atoms with Crippen molar-refractivity contribution in [3.05, 3.63) is 56.9 Å². The summed E-state index contributed by atoms with van der Waals surface area (Å²) in [4.78, 5) is 33.2. The van der Waals surface area contributed by atoms with Gasteiger partial charge in [0.2, 0.25) is 0 Å². The Labute approximate surface area is 182 Å². The third-order valence-corrected chi connectivity index (χ3v) is 12.3. The Kier molecular flexibility index (Phi) is 6.23. The van der Waals surface area contributed by atoms with Crippen LogP contribution in [0.25, 0.3) is 0 Å². The summed E-state index contributed by atoms with van der Waals surface area (Å²) in [5, 5.41) is 9.76. The first kappa shape index (κ1) is 22.8. The Morgan fingerprint density at radius 1 is 1.29 bits per heavy atom. The van der Waals surface area contributed by atoms with E-state index in [9.17, 15) is 19.3 Å². The SMILES string of the molecule is [CH3][Sn]([CH3])([CH3])[c]1cn([C@H]2C[C@H](OP3(=O)OCc4ccccc4O3)[C@@H](CO)O2)c(=O)[nH]c1=O. The molecule has 0 bridgehead atoms. The molecule has 168 valence electrons. The molecule has 1 aromatic heterocycles. The number of aromatic nitrogens is 2. The van der Waals surface area contributed by atoms with E-state index in [0.717, 1.165) is 5.56 Å². The Morgan fingerprint density at radius 3 is 2.74 bits per heavy atom. The predicted molar refractivity (Wildman–Crippen MR) is 114 cm³/mol. The van der Waals surface area contributed by atoms with E-state index in [1.54, 1.807) is 24.4 Å². The number of nitrogens with one attached hydrogen (secondary N) is 1. The standard InChI is InChI=1S/C16H16N2O8P.3CH3.Sn/c19-8-13-12(7-15(24-13)18-6-5-14(20)17-16(18)21)26-27(22)23-9-10-3-1-2-4-11(10)25-27;;;;/h1-4,6,12-13,15,19H,7-9H2,(H,17,20,21);3*1H3;/t12-,13+,15+,27?;;;;/m0..../s1. The third-order valence-electron chi connectivity index (χ3n) is 5.27. The van der Waals surface area contributed by atoms with Gasteiger partial charge in [0.25, 0.3) is 0 Å². The molecule has 10 nitrogen and oxygen atoms in total. The fraction of sp³-hybridized carbons (Fsp3) is 0.474. The molecule has 2 aliphatic rings. The van der Waals surface area contributed by atoms with Crippen molar-refractivity contribution in [3.8, 4) is 5.75 Å². The van der Waals surface area contributed by atoms with Gasteiger partial charge in [-0.25, -0.2) is 0 Å². The van der Waals surface area contributed by atoms with Crippen molar-refractivity contribution < 1.29 is 28.0 Å². The fourth-order valence-corrected chi connectivity index (χ4v) is 8.66. The summed E-state index contributed by atoms with van der Waals surface area (Å²) in [5.74, 6) is 0.410. The Bertz CT molecular complexity index is 1140. The maximum atomic E-state index is 13.0. The molecule has 12 heteroatoms. The van der Waals surface area contributed by atoms with Gasteiger partial charge in [-0.15, -0.1) is 0 Å². The van der Waals surface area contributed by atoms with E-state index >= 15 is 0 Å². The predicted octanol–water partition coefficient (Wildman–Crippen LogP) is 1.46. The van der Waals surface area contributed by atoms with Crippen molar-refractivity contribution in [1.82, 2.24) is 9.55 Å². The Hall–Kier alpha value is -1.43. The molecule has 4 rings (SSSR count). The first-order valence-electron chi connectivity index (χ1n) is 9.92. The van der Waals surface area contributed by atoms with E-state index in [0.29, 0.717) is 9.33 Å². The zero-order chi connectivity index (χ0) is 22.4. The van der Waals surface area contributed by atoms with Gasteiger partial charge in [-0.05, 0) is 0 Å². The number of H-pyrrole nitrogens is 1. The molecule has 1 aromatic carbocycles. The molecule has 2 aromatic rings. The molecular weight excluding hydrogens is 534 g/mol. The second-order valence-corrected chi connectivity index (χ2v) is 24.5. The molecule has 2 aliphatic heterocycles. The van der Waals surface area contributed by atoms with Gasteiger partial charge in [0, 0.05) is 0 Å². The van der Waals surface area contributed by atoms with Gasteiger partial charge in [0.05, 0.1) is 0 Å². The molecule has 0 spiro atoms. The van der Waals surface area contributed by atoms with Crippen LogP contribution in [0.15, 0.2) is 40.1 Å². The summed E-state index contributed by atoms with van der Waals surface area (Å²) >= 11 is -2.81. The zero-order valence-corrected chi connectivity index (χ0v) is 21.2. The van der Waals surface area contributed by atoms with E-state index in [2.05, 4.69) is 19.8 Å². The number of hydrogen-bond acceptors (Lipinski definition) is 8. The number of phosphoric acid groups is 1. The van der Waals surface area contributed by atoms with Gasteiger partial charge in [-0.1, -0.05) is 6.07 Å². The van der Waals surface area contributed by atoms with Crippen molar-refractivity contribution in [2.75, 3.05) is 6.61 Å². The number of benzene rings is 1. The molecule has 0 saturated carbocycles. The molecule has 0 aliphatic carbocycles. The number of aliphatic hydroxyl groups is 1. The number of aliphatic hydroxyl groups excluding tert-OH is 1. The second-order valence-electron chi connectivity index (χ2n) is 8.57. The first-order valence-corrected chi connectivity index (χ1v) is 21.4. The molecule has 0 radical (unpaired) electrons. The average molecular weight is 559 g/mol. The monoisotopic (exact) mass is 560 g/mol. The van der Waals surface area contributed by atoms with Gasteiger partial charge in [0.1, 0.15) is 0 Å². The molecule has 4 atom stereocenters. The van der Waals surface area contributed by atoms with Crippen LogP contribution < -0.4 is 19.4 Å². The number of ether oxygens (including phenoxy) is 1. The minimum absolute atomic E-state index is 0.0650. The van der Waals surface area contributed by atoms with Crippen LogP contribution in [0.3, 0.4) is 0 Å². The number of rotatable bonds is 5. The van der Waals surface area contributed by atoms with Crippen molar-refractivity contribution in [3.63, 3.8) is 0 Å². The molecule has 0 amide bonds. The zero-order valence-electron chi connectivity index (χ0n) is 17.4. The number of hydrogen-bond donors (Lipinski definition) is 2. The summed E-state index contributed by atoms with van der Waals surface area (Å²) in [7, 11) is -3.95. The third kappa shape index (κ3) is 4.69. The summed E-state index contributed by atoms with van der Waals surface area (Å²) in [5.41, 5.74) is -0.240. The molecule has 31 heavy (non-hydrogen) atoms. The Balaban J connectivity index is 1.57. The van der Waals surface area contributed by atoms with Crippen LogP contribution in [-0.4, -0.2) is 51.8 Å². The summed E-state index contributed by atoms with van der Waals surface area (Å²) in [6.45, 7) is -0.350. The van der Waals surface area contributed by atoms with Gasteiger partial charge >= 0.3 is 177 Å². The molecular formula is C19H25N2O8PSn. The maximum absolute atomic E-state index is 13.0. The van der Waals surface area contributed by atoms with Crippen molar-refractivity contribution in [1.29, 1.82) is 0 Å². The van der Waals surface area contributed by atoms with Crippen LogP contribution in [0.5, 0.6) is 5.75 Å². The van der Waals surface area contributed by atoms with Crippen LogP contribution in [0.2, 0.25) is 14.8 Å². The Morgan fingerprint density at radius 2 is 2.03 bits per heavy atom. The van der Waals surface area contributed by atoms with E-state index < -0.39 is 56.9 Å². The van der Waals surface area contributed by atoms with Crippen LogP contribution in [0.1, 0.15) is 18.2 Å². The molecule has 2 N–H and O–H groups in total. The van der Waals surface area contributed by atoms with E-state index in [-0.39, 0.29) is 18.6 Å². The number of phosphoric ester groups is 1. The molecule has 1 unspecified atom stereocenters. The van der Waals surface area contributed by atoms with Crippen LogP contribution in [0, 0.1) is 0 Å². The van der Waals surface area contributed by atoms with Crippen molar-refractivity contribution >= 4 is 29.8 Å². The van der Waals surface area contributed by atoms with E-state index in [1.165, 1.54) is 4.57 Å². The van der Waals surface area contributed by atoms with Crippen LogP contribution >= 0.6 is 7.82 Å². The second kappa shape index (κ2) is 8.49. The van der Waals surface area contributed by atoms with Gasteiger partial charge in [-0.2, -0.15) is 0 Å². The number of aromatic amines is 1. The molecule has 1 saturated heterocycles. The normalized spacial score (nSPS) is 28.2. The summed E-state index contributed by atoms with van der Waals surface area (Å²) < 4.78 is 37.3. The van der Waals surface area contributed by atoms with Crippen LogP contribution in [-0.2, 0) is 25.0 Å². The van der Waals surface area contributed by atoms with Crippen molar-refractivity contribution in [2.24, 2.45) is 0 Å². The number of fused-ring (bicyclic) bond motifs is 1. The van der Waals surface area contributed by atoms with Gasteiger partial charge < -0.3 is 0 Å². The summed E-state index contributed by atoms with van der Waals surface area (Å²) in [6.07, 6.45) is -0.825. The van der Waals surface area contributed by atoms with Gasteiger partial charge in [0.15, 0.2) is 0 Å².